The molecule has 10 nitrogen and oxygen atoms in total. The molecule has 40 heavy (non-hydrogen) atoms. The lowest BCUT2D eigenvalue weighted by atomic mass is 9.76. The van der Waals surface area contributed by atoms with Crippen molar-refractivity contribution in [3.63, 3.8) is 0 Å². The summed E-state index contributed by atoms with van der Waals surface area (Å²) in [5.74, 6) is 1.10. The average Bonchev–Trinajstić information content (AvgIpc) is 3.21. The molecule has 1 saturated heterocycles. The summed E-state index contributed by atoms with van der Waals surface area (Å²) in [5.41, 5.74) is 12.8. The van der Waals surface area contributed by atoms with Crippen LogP contribution in [0.5, 0.6) is 0 Å². The predicted octanol–water partition coefficient (Wildman–Crippen LogP) is 3.32. The number of carbonyl (C=O) groups is 2. The maximum atomic E-state index is 13.8. The van der Waals surface area contributed by atoms with Crippen molar-refractivity contribution >= 4 is 17.8 Å². The van der Waals surface area contributed by atoms with Gasteiger partial charge in [0.2, 0.25) is 5.91 Å². The number of hydrogen-bond acceptors (Lipinski definition) is 6. The average molecular weight is 561 g/mol. The first-order valence-corrected chi connectivity index (χ1v) is 16.1. The van der Waals surface area contributed by atoms with Crippen LogP contribution < -0.4 is 22.1 Å². The predicted molar refractivity (Wildman–Crippen MR) is 154 cm³/mol. The van der Waals surface area contributed by atoms with Crippen molar-refractivity contribution in [1.82, 2.24) is 15.5 Å². The molecule has 0 radical (unpaired) electrons. The van der Waals surface area contributed by atoms with Crippen LogP contribution in [0.15, 0.2) is 0 Å². The Morgan fingerprint density at radius 2 is 1.48 bits per heavy atom. The minimum Gasteiger partial charge on any atom is -0.465 e. The van der Waals surface area contributed by atoms with Crippen LogP contribution in [0.3, 0.4) is 0 Å². The number of amidine groups is 1. The highest BCUT2D eigenvalue weighted by Crippen LogP contribution is 2.43. The van der Waals surface area contributed by atoms with Gasteiger partial charge in [-0.3, -0.25) is 15.1 Å². The molecule has 226 valence electrons. The fraction of sp³-hybridized carbons (Fsp3) is 0.900. The van der Waals surface area contributed by atoms with Gasteiger partial charge in [-0.1, -0.05) is 19.3 Å². The molecule has 5 aliphatic rings. The highest BCUT2D eigenvalue weighted by Gasteiger charge is 2.53. The molecule has 8 N–H and O–H groups in total. The van der Waals surface area contributed by atoms with Gasteiger partial charge in [0.25, 0.3) is 0 Å². The van der Waals surface area contributed by atoms with Crippen molar-refractivity contribution < 1.29 is 19.4 Å². The van der Waals surface area contributed by atoms with Gasteiger partial charge in [0.15, 0.2) is 0 Å². The van der Waals surface area contributed by atoms with Gasteiger partial charge in [-0.2, -0.15) is 0 Å². The topological polar surface area (TPSA) is 167 Å². The molecule has 1 aliphatic heterocycles. The van der Waals surface area contributed by atoms with E-state index in [1.165, 1.54) is 32.1 Å². The van der Waals surface area contributed by atoms with Gasteiger partial charge in [0, 0.05) is 36.6 Å². The number of carboxylic acid groups (broad SMARTS) is 1. The van der Waals surface area contributed by atoms with Crippen LogP contribution in [-0.4, -0.2) is 76.8 Å². The van der Waals surface area contributed by atoms with E-state index in [9.17, 15) is 9.59 Å². The zero-order valence-corrected chi connectivity index (χ0v) is 24.1. The first kappa shape index (κ1) is 29.6. The van der Waals surface area contributed by atoms with Gasteiger partial charge in [-0.05, 0) is 95.3 Å². The summed E-state index contributed by atoms with van der Waals surface area (Å²) in [4.78, 5) is 27.2. The Bertz CT molecular complexity index is 881. The smallest absolute Gasteiger partial charge is 0.404 e. The summed E-state index contributed by atoms with van der Waals surface area (Å²) in [5, 5.41) is 23.0. The fourth-order valence-electron chi connectivity index (χ4n) is 8.58. The molecule has 0 spiro atoms. The number of nitrogens with zero attached hydrogens (tertiary/aromatic N) is 1. The van der Waals surface area contributed by atoms with Gasteiger partial charge in [0.05, 0.1) is 18.0 Å². The summed E-state index contributed by atoms with van der Waals surface area (Å²) in [6.07, 6.45) is 16.2. The highest BCUT2D eigenvalue weighted by atomic mass is 16.5. The summed E-state index contributed by atoms with van der Waals surface area (Å²) < 4.78 is 6.49. The van der Waals surface area contributed by atoms with Crippen molar-refractivity contribution in [2.45, 2.75) is 145 Å². The van der Waals surface area contributed by atoms with Gasteiger partial charge < -0.3 is 31.9 Å². The number of ether oxygens (including phenoxy) is 1. The molecule has 2 amide bonds. The van der Waals surface area contributed by atoms with Crippen LogP contribution in [0.25, 0.3) is 0 Å². The zero-order chi connectivity index (χ0) is 28.2. The monoisotopic (exact) mass is 560 g/mol. The Kier molecular flexibility index (Phi) is 9.89. The van der Waals surface area contributed by atoms with E-state index >= 15 is 0 Å². The summed E-state index contributed by atoms with van der Waals surface area (Å²) in [6.45, 7) is 0.864. The Morgan fingerprint density at radius 3 is 2.10 bits per heavy atom. The molecule has 0 bridgehead atoms. The molecular weight excluding hydrogens is 508 g/mol. The third-order valence-electron chi connectivity index (χ3n) is 10.8. The van der Waals surface area contributed by atoms with E-state index in [4.69, 9.17) is 26.7 Å². The number of nitrogens with one attached hydrogen (secondary N) is 3. The number of likely N-dealkylation sites (tertiary alicyclic amines) is 1. The summed E-state index contributed by atoms with van der Waals surface area (Å²) in [6, 6.07) is -0.409. The molecule has 0 aromatic heterocycles. The molecule has 5 rings (SSSR count). The number of fused-ring (bicyclic) bond motifs is 1. The largest absolute Gasteiger partial charge is 0.465 e. The van der Waals surface area contributed by atoms with E-state index in [0.717, 1.165) is 77.2 Å². The molecule has 0 aromatic rings. The molecule has 5 fully saturated rings. The third-order valence-corrected chi connectivity index (χ3v) is 10.8. The van der Waals surface area contributed by atoms with Gasteiger partial charge >= 0.3 is 6.09 Å². The van der Waals surface area contributed by atoms with Gasteiger partial charge in [-0.25, -0.2) is 4.79 Å². The lowest BCUT2D eigenvalue weighted by molar-refractivity contribution is -0.127. The Morgan fingerprint density at radius 1 is 0.850 bits per heavy atom. The highest BCUT2D eigenvalue weighted by molar-refractivity contribution is 5.84. The zero-order valence-electron chi connectivity index (χ0n) is 24.1. The molecule has 4 aliphatic carbocycles. The van der Waals surface area contributed by atoms with Crippen molar-refractivity contribution in [3.05, 3.63) is 0 Å². The fourth-order valence-corrected chi connectivity index (χ4v) is 8.58. The van der Waals surface area contributed by atoms with Crippen LogP contribution in [0.1, 0.15) is 103 Å². The third kappa shape index (κ3) is 7.10. The van der Waals surface area contributed by atoms with Crippen LogP contribution in [-0.2, 0) is 9.53 Å². The second-order valence-electron chi connectivity index (χ2n) is 13.5. The van der Waals surface area contributed by atoms with Crippen LogP contribution in [0.2, 0.25) is 0 Å². The lowest BCUT2D eigenvalue weighted by Gasteiger charge is -2.40. The summed E-state index contributed by atoms with van der Waals surface area (Å²) >= 11 is 0. The van der Waals surface area contributed by atoms with E-state index in [1.807, 2.05) is 0 Å². The quantitative estimate of drug-likeness (QED) is 0.196. The van der Waals surface area contributed by atoms with E-state index in [0.29, 0.717) is 18.1 Å². The first-order chi connectivity index (χ1) is 19.3. The SMILES string of the molecule is N=C(N)C1CCC2C(N)C(C(=O)NC3CCC(NC(=O)O)CC3)N(CC3CCC(OC4CCCCC4)CC3)C2C1. The normalized spacial score (nSPS) is 39.3. The van der Waals surface area contributed by atoms with Crippen molar-refractivity contribution in [2.24, 2.45) is 29.2 Å². The maximum Gasteiger partial charge on any atom is 0.404 e. The van der Waals surface area contributed by atoms with E-state index < -0.39 is 6.09 Å². The van der Waals surface area contributed by atoms with E-state index in [-0.39, 0.29) is 53.8 Å². The van der Waals surface area contributed by atoms with Crippen molar-refractivity contribution in [2.75, 3.05) is 6.54 Å². The van der Waals surface area contributed by atoms with Gasteiger partial charge in [0.1, 0.15) is 6.04 Å². The lowest BCUT2D eigenvalue weighted by Crippen LogP contribution is -2.56. The number of carbonyl (C=O) groups excluding carboxylic acids is 1. The Balaban J connectivity index is 1.21. The Hall–Kier alpha value is -1.91. The second-order valence-corrected chi connectivity index (χ2v) is 13.5. The second kappa shape index (κ2) is 13.4. The standard InChI is InChI=1S/C30H52N6O4/c31-26-24-15-8-19(28(32)33)16-25(24)36(17-18-6-13-23(14-7-18)40-22-4-2-1-3-5-22)27(26)29(37)34-20-9-11-21(12-10-20)35-30(38)39/h18-27,35H,1-17,31H2,(H3,32,33)(H,34,37)(H,38,39). The molecule has 10 heteroatoms. The number of rotatable bonds is 8. The van der Waals surface area contributed by atoms with E-state index in [2.05, 4.69) is 15.5 Å². The van der Waals surface area contributed by atoms with E-state index in [1.54, 1.807) is 0 Å². The number of hydrogen-bond donors (Lipinski definition) is 6. The maximum absolute atomic E-state index is 13.8. The minimum absolute atomic E-state index is 0.0187. The summed E-state index contributed by atoms with van der Waals surface area (Å²) in [7, 11) is 0. The minimum atomic E-state index is -0.985. The molecule has 5 unspecified atom stereocenters. The first-order valence-electron chi connectivity index (χ1n) is 16.1. The van der Waals surface area contributed by atoms with Crippen LogP contribution in [0, 0.1) is 23.2 Å². The molecule has 4 saturated carbocycles. The van der Waals surface area contributed by atoms with Crippen LogP contribution in [0.4, 0.5) is 4.79 Å². The van der Waals surface area contributed by atoms with Gasteiger partial charge in [-0.15, -0.1) is 0 Å². The molecule has 5 atom stereocenters. The van der Waals surface area contributed by atoms with Crippen molar-refractivity contribution in [3.8, 4) is 0 Å². The molecular formula is C30H52N6O4. The molecule has 1 heterocycles. The van der Waals surface area contributed by atoms with Crippen LogP contribution >= 0.6 is 0 Å². The molecule has 0 aromatic carbocycles. The number of nitrogens with two attached hydrogens (primary N) is 2. The van der Waals surface area contributed by atoms with Crippen molar-refractivity contribution in [1.29, 1.82) is 5.41 Å². The number of amides is 2. The Labute approximate surface area is 239 Å².